The summed E-state index contributed by atoms with van der Waals surface area (Å²) in [5, 5.41) is 21.3. The highest BCUT2D eigenvalue weighted by Crippen LogP contribution is 2.30. The number of anilines is 1. The van der Waals surface area contributed by atoms with Crippen molar-refractivity contribution in [2.24, 2.45) is 0 Å². The molecule has 0 atom stereocenters. The highest BCUT2D eigenvalue weighted by Gasteiger charge is 2.03. The van der Waals surface area contributed by atoms with Gasteiger partial charge in [0.05, 0.1) is 0 Å². The maximum atomic E-state index is 10.9. The number of nitrogens with one attached hydrogen (secondary N) is 1. The molecular formula is C14H13NO3. The van der Waals surface area contributed by atoms with Crippen molar-refractivity contribution in [3.05, 3.63) is 42.5 Å². The Bertz CT molecular complexity index is 576. The minimum atomic E-state index is -0.154. The second-order valence-corrected chi connectivity index (χ2v) is 3.96. The third-order valence-electron chi connectivity index (χ3n) is 2.51. The first-order chi connectivity index (χ1) is 8.56. The molecule has 0 spiro atoms. The van der Waals surface area contributed by atoms with Crippen LogP contribution in [0.1, 0.15) is 6.92 Å². The predicted molar refractivity (Wildman–Crippen MR) is 69.5 cm³/mol. The Morgan fingerprint density at radius 1 is 0.944 bits per heavy atom. The van der Waals surface area contributed by atoms with Crippen LogP contribution in [0.4, 0.5) is 5.69 Å². The predicted octanol–water partition coefficient (Wildman–Crippen LogP) is 2.72. The molecule has 0 radical (unpaired) electrons. The Kier molecular flexibility index (Phi) is 3.19. The summed E-state index contributed by atoms with van der Waals surface area (Å²) in [6.07, 6.45) is 0. The number of hydrogen-bond acceptors (Lipinski definition) is 3. The van der Waals surface area contributed by atoms with Gasteiger partial charge >= 0.3 is 0 Å². The van der Waals surface area contributed by atoms with E-state index in [0.717, 1.165) is 11.1 Å². The van der Waals surface area contributed by atoms with Crippen LogP contribution in [0.2, 0.25) is 0 Å². The van der Waals surface area contributed by atoms with E-state index >= 15 is 0 Å². The van der Waals surface area contributed by atoms with Gasteiger partial charge in [0.25, 0.3) is 0 Å². The highest BCUT2D eigenvalue weighted by molar-refractivity contribution is 5.89. The molecule has 0 heterocycles. The van der Waals surface area contributed by atoms with Crippen LogP contribution in [0.3, 0.4) is 0 Å². The van der Waals surface area contributed by atoms with Gasteiger partial charge in [-0.05, 0) is 35.4 Å². The molecule has 18 heavy (non-hydrogen) atoms. The van der Waals surface area contributed by atoms with Crippen molar-refractivity contribution in [3.63, 3.8) is 0 Å². The van der Waals surface area contributed by atoms with Crippen LogP contribution in [0, 0.1) is 0 Å². The van der Waals surface area contributed by atoms with Crippen LogP contribution in [0.5, 0.6) is 11.5 Å². The lowest BCUT2D eigenvalue weighted by atomic mass is 10.0. The van der Waals surface area contributed by atoms with Crippen molar-refractivity contribution >= 4 is 11.6 Å². The van der Waals surface area contributed by atoms with Crippen molar-refractivity contribution < 1.29 is 15.0 Å². The monoisotopic (exact) mass is 243 g/mol. The number of carbonyl (C=O) groups is 1. The zero-order valence-electron chi connectivity index (χ0n) is 9.84. The van der Waals surface area contributed by atoms with Crippen LogP contribution in [0.25, 0.3) is 11.1 Å². The van der Waals surface area contributed by atoms with Crippen molar-refractivity contribution in [2.75, 3.05) is 5.32 Å². The standard InChI is InChI=1S/C14H13NO3/c1-9(16)15-12-5-2-10(3-6-12)11-4-7-13(17)14(18)8-11/h2-8,17-18H,1H3,(H,15,16). The van der Waals surface area contributed by atoms with E-state index in [1.165, 1.54) is 19.1 Å². The maximum absolute atomic E-state index is 10.9. The molecule has 0 aliphatic carbocycles. The quantitative estimate of drug-likeness (QED) is 0.710. The summed E-state index contributed by atoms with van der Waals surface area (Å²) in [7, 11) is 0. The van der Waals surface area contributed by atoms with E-state index < -0.39 is 0 Å². The van der Waals surface area contributed by atoms with Gasteiger partial charge in [-0.1, -0.05) is 18.2 Å². The van der Waals surface area contributed by atoms with E-state index in [1.54, 1.807) is 18.2 Å². The van der Waals surface area contributed by atoms with E-state index in [1.807, 2.05) is 12.1 Å². The number of carbonyl (C=O) groups excluding carboxylic acids is 1. The summed E-state index contributed by atoms with van der Waals surface area (Å²) in [5.41, 5.74) is 2.40. The summed E-state index contributed by atoms with van der Waals surface area (Å²) < 4.78 is 0. The second kappa shape index (κ2) is 4.79. The lowest BCUT2D eigenvalue weighted by molar-refractivity contribution is -0.114. The molecule has 0 fully saturated rings. The van der Waals surface area contributed by atoms with E-state index in [9.17, 15) is 15.0 Å². The topological polar surface area (TPSA) is 69.6 Å². The SMILES string of the molecule is CC(=O)Nc1ccc(-c2ccc(O)c(O)c2)cc1. The average Bonchev–Trinajstić information content (AvgIpc) is 2.33. The van der Waals surface area contributed by atoms with Gasteiger partial charge in [0, 0.05) is 12.6 Å². The van der Waals surface area contributed by atoms with Crippen LogP contribution in [0.15, 0.2) is 42.5 Å². The first-order valence-electron chi connectivity index (χ1n) is 5.46. The Hall–Kier alpha value is -2.49. The molecule has 0 aromatic heterocycles. The van der Waals surface area contributed by atoms with Gasteiger partial charge in [-0.15, -0.1) is 0 Å². The van der Waals surface area contributed by atoms with Gasteiger partial charge in [0.1, 0.15) is 0 Å². The van der Waals surface area contributed by atoms with Crippen LogP contribution >= 0.6 is 0 Å². The molecule has 2 aromatic carbocycles. The van der Waals surface area contributed by atoms with Gasteiger partial charge in [0.15, 0.2) is 11.5 Å². The molecule has 3 N–H and O–H groups in total. The van der Waals surface area contributed by atoms with Gasteiger partial charge in [-0.3, -0.25) is 4.79 Å². The molecule has 2 aromatic rings. The third-order valence-corrected chi connectivity index (χ3v) is 2.51. The highest BCUT2D eigenvalue weighted by atomic mass is 16.3. The molecule has 0 aliphatic heterocycles. The largest absolute Gasteiger partial charge is 0.504 e. The van der Waals surface area contributed by atoms with Crippen LogP contribution < -0.4 is 5.32 Å². The summed E-state index contributed by atoms with van der Waals surface area (Å²) in [5.74, 6) is -0.419. The van der Waals surface area contributed by atoms with Crippen molar-refractivity contribution in [1.82, 2.24) is 0 Å². The van der Waals surface area contributed by atoms with E-state index in [2.05, 4.69) is 5.32 Å². The Morgan fingerprint density at radius 2 is 1.56 bits per heavy atom. The first-order valence-corrected chi connectivity index (χ1v) is 5.46. The summed E-state index contributed by atoms with van der Waals surface area (Å²) in [6.45, 7) is 1.45. The number of rotatable bonds is 2. The number of phenols is 2. The normalized spacial score (nSPS) is 10.1. The number of phenolic OH excluding ortho intramolecular Hbond substituents is 2. The van der Waals surface area contributed by atoms with E-state index in [-0.39, 0.29) is 17.4 Å². The number of hydrogen-bond donors (Lipinski definition) is 3. The molecule has 92 valence electrons. The third kappa shape index (κ3) is 2.60. The summed E-state index contributed by atoms with van der Waals surface area (Å²) >= 11 is 0. The molecule has 0 unspecified atom stereocenters. The van der Waals surface area contributed by atoms with Gasteiger partial charge in [0.2, 0.25) is 5.91 Å². The maximum Gasteiger partial charge on any atom is 0.221 e. The molecule has 2 rings (SSSR count). The second-order valence-electron chi connectivity index (χ2n) is 3.96. The molecule has 1 amide bonds. The number of amides is 1. The van der Waals surface area contributed by atoms with E-state index in [0.29, 0.717) is 5.69 Å². The van der Waals surface area contributed by atoms with Gasteiger partial charge < -0.3 is 15.5 Å². The summed E-state index contributed by atoms with van der Waals surface area (Å²) in [4.78, 5) is 10.9. The van der Waals surface area contributed by atoms with Gasteiger partial charge in [-0.25, -0.2) is 0 Å². The Balaban J connectivity index is 2.28. The molecule has 4 nitrogen and oxygen atoms in total. The first kappa shape index (κ1) is 12.0. The molecule has 4 heteroatoms. The summed E-state index contributed by atoms with van der Waals surface area (Å²) in [6, 6.07) is 11.9. The fourth-order valence-electron chi connectivity index (χ4n) is 1.65. The van der Waals surface area contributed by atoms with E-state index in [4.69, 9.17) is 0 Å². The van der Waals surface area contributed by atoms with Crippen LogP contribution in [-0.4, -0.2) is 16.1 Å². The smallest absolute Gasteiger partial charge is 0.221 e. The molecule has 0 saturated carbocycles. The Morgan fingerprint density at radius 3 is 2.11 bits per heavy atom. The van der Waals surface area contributed by atoms with Gasteiger partial charge in [-0.2, -0.15) is 0 Å². The van der Waals surface area contributed by atoms with Crippen molar-refractivity contribution in [2.45, 2.75) is 6.92 Å². The zero-order valence-corrected chi connectivity index (χ0v) is 9.84. The number of aromatic hydroxyl groups is 2. The zero-order chi connectivity index (χ0) is 13.1. The van der Waals surface area contributed by atoms with Crippen molar-refractivity contribution in [1.29, 1.82) is 0 Å². The number of benzene rings is 2. The lowest BCUT2D eigenvalue weighted by Gasteiger charge is -2.06. The lowest BCUT2D eigenvalue weighted by Crippen LogP contribution is -2.05. The Labute approximate surface area is 105 Å². The average molecular weight is 243 g/mol. The molecule has 0 aliphatic rings. The van der Waals surface area contributed by atoms with Crippen molar-refractivity contribution in [3.8, 4) is 22.6 Å². The fourth-order valence-corrected chi connectivity index (χ4v) is 1.65. The molecule has 0 bridgehead atoms. The minimum Gasteiger partial charge on any atom is -0.504 e. The fraction of sp³-hybridized carbons (Fsp3) is 0.0714. The van der Waals surface area contributed by atoms with Crippen LogP contribution in [-0.2, 0) is 4.79 Å². The molecule has 0 saturated heterocycles. The minimum absolute atomic E-state index is 0.120. The molecular weight excluding hydrogens is 230 g/mol.